The monoisotopic (exact) mass is 357 g/mol. The number of ketones is 1. The van der Waals surface area contributed by atoms with E-state index in [0.717, 1.165) is 36.1 Å². The largest absolute Gasteiger partial charge is 0.384 e. The van der Waals surface area contributed by atoms with E-state index in [4.69, 9.17) is 5.73 Å². The number of carbonyl (C=O) groups excluding carboxylic acids is 1. The first kappa shape index (κ1) is 18.1. The van der Waals surface area contributed by atoms with Gasteiger partial charge in [0, 0.05) is 7.05 Å². The number of rotatable bonds is 5. The van der Waals surface area contributed by atoms with Gasteiger partial charge in [-0.1, -0.05) is 30.3 Å². The van der Waals surface area contributed by atoms with Gasteiger partial charge in [-0.3, -0.25) is 18.7 Å². The van der Waals surface area contributed by atoms with Gasteiger partial charge in [0.25, 0.3) is 5.56 Å². The third kappa shape index (κ3) is 3.62. The summed E-state index contributed by atoms with van der Waals surface area (Å²) < 4.78 is 2.27. The number of quaternary nitrogens is 1. The Morgan fingerprint density at radius 1 is 1.12 bits per heavy atom. The molecule has 0 radical (unpaired) electrons. The summed E-state index contributed by atoms with van der Waals surface area (Å²) in [5, 5.41) is 0. The van der Waals surface area contributed by atoms with Gasteiger partial charge in [-0.2, -0.15) is 0 Å². The van der Waals surface area contributed by atoms with Gasteiger partial charge in [0.05, 0.1) is 19.6 Å². The summed E-state index contributed by atoms with van der Waals surface area (Å²) in [7, 11) is 1.39. The molecule has 0 atom stereocenters. The summed E-state index contributed by atoms with van der Waals surface area (Å²) in [4.78, 5) is 39.0. The first-order chi connectivity index (χ1) is 12.5. The highest BCUT2D eigenvalue weighted by molar-refractivity contribution is 6.00. The van der Waals surface area contributed by atoms with E-state index >= 15 is 0 Å². The second-order valence-electron chi connectivity index (χ2n) is 6.89. The minimum atomic E-state index is -0.613. The van der Waals surface area contributed by atoms with Crippen LogP contribution in [0.2, 0.25) is 0 Å². The summed E-state index contributed by atoms with van der Waals surface area (Å²) >= 11 is 0. The zero-order valence-corrected chi connectivity index (χ0v) is 15.0. The maximum atomic E-state index is 12.8. The number of nitrogens with two attached hydrogens (primary N) is 1. The van der Waals surface area contributed by atoms with E-state index in [1.165, 1.54) is 22.9 Å². The minimum Gasteiger partial charge on any atom is -0.384 e. The van der Waals surface area contributed by atoms with E-state index in [1.807, 2.05) is 30.3 Å². The highest BCUT2D eigenvalue weighted by Gasteiger charge is 2.25. The molecule has 2 heterocycles. The van der Waals surface area contributed by atoms with Crippen LogP contribution >= 0.6 is 0 Å². The molecule has 7 nitrogen and oxygen atoms in total. The summed E-state index contributed by atoms with van der Waals surface area (Å²) in [6.45, 7) is 2.31. The molecule has 3 rings (SSSR count). The Morgan fingerprint density at radius 2 is 1.77 bits per heavy atom. The first-order valence-corrected chi connectivity index (χ1v) is 8.99. The topological polar surface area (TPSA) is 91.5 Å². The zero-order valence-electron chi connectivity index (χ0n) is 15.0. The Morgan fingerprint density at radius 3 is 2.42 bits per heavy atom. The van der Waals surface area contributed by atoms with Crippen LogP contribution in [-0.2, 0) is 13.6 Å². The minimum absolute atomic E-state index is 0.0386. The molecule has 3 N–H and O–H groups in total. The molecule has 1 fully saturated rings. The number of carbonyl (C=O) groups is 1. The molecule has 2 aromatic rings. The second-order valence-corrected chi connectivity index (χ2v) is 6.89. The number of hydrogen-bond acceptors (Lipinski definition) is 4. The molecular weight excluding hydrogens is 332 g/mol. The molecule has 26 heavy (non-hydrogen) atoms. The normalized spacial score (nSPS) is 15.1. The van der Waals surface area contributed by atoms with Crippen LogP contribution in [0.15, 0.2) is 39.9 Å². The molecule has 0 aliphatic carbocycles. The van der Waals surface area contributed by atoms with Gasteiger partial charge >= 0.3 is 5.69 Å². The van der Waals surface area contributed by atoms with Crippen LogP contribution in [0.1, 0.15) is 35.2 Å². The van der Waals surface area contributed by atoms with Gasteiger partial charge in [-0.15, -0.1) is 0 Å². The van der Waals surface area contributed by atoms with Crippen LogP contribution in [0.3, 0.4) is 0 Å². The molecular formula is C19H25N4O3+. The molecule has 0 bridgehead atoms. The number of Topliss-reactive ketones (excluding diaryl/α,β-unsaturated/α-hetero) is 1. The van der Waals surface area contributed by atoms with E-state index in [-0.39, 0.29) is 30.3 Å². The Kier molecular flexibility index (Phi) is 5.37. The van der Waals surface area contributed by atoms with Gasteiger partial charge in [-0.05, 0) is 24.8 Å². The number of nitrogen functional groups attached to an aromatic ring is 1. The van der Waals surface area contributed by atoms with Crippen LogP contribution in [-0.4, -0.2) is 34.6 Å². The maximum absolute atomic E-state index is 12.8. The van der Waals surface area contributed by atoms with E-state index in [0.29, 0.717) is 0 Å². The van der Waals surface area contributed by atoms with Crippen LogP contribution in [0.5, 0.6) is 0 Å². The van der Waals surface area contributed by atoms with Gasteiger partial charge in [-0.25, -0.2) is 4.79 Å². The van der Waals surface area contributed by atoms with Gasteiger partial charge in [0.2, 0.25) is 5.78 Å². The molecule has 138 valence electrons. The molecule has 1 aromatic carbocycles. The molecule has 1 aliphatic heterocycles. The standard InChI is InChI=1S/C19H24N4O3/c1-21-18(25)16(15(24)13-22-10-6-3-7-11-22)17(20)23(19(21)26)12-14-8-4-2-5-9-14/h2,4-5,8-9H,3,6-7,10-13,20H2,1H3/p+1. The summed E-state index contributed by atoms with van der Waals surface area (Å²) in [5.74, 6) is -0.329. The van der Waals surface area contributed by atoms with Crippen molar-refractivity contribution in [3.05, 3.63) is 62.3 Å². The molecule has 0 amide bonds. The lowest BCUT2D eigenvalue weighted by Crippen LogP contribution is -3.13. The van der Waals surface area contributed by atoms with Crippen molar-refractivity contribution >= 4 is 11.6 Å². The SMILES string of the molecule is Cn1c(=O)c(C(=O)C[NH+]2CCCCC2)c(N)n(Cc2ccccc2)c1=O. The predicted molar refractivity (Wildman–Crippen MR) is 99.6 cm³/mol. The molecule has 1 aromatic heterocycles. The lowest BCUT2D eigenvalue weighted by Gasteiger charge is -2.23. The molecule has 7 heteroatoms. The van der Waals surface area contributed by atoms with E-state index < -0.39 is 11.2 Å². The van der Waals surface area contributed by atoms with Crippen LogP contribution in [0.4, 0.5) is 5.82 Å². The lowest BCUT2D eigenvalue weighted by atomic mass is 10.1. The third-order valence-electron chi connectivity index (χ3n) is 5.02. The quantitative estimate of drug-likeness (QED) is 0.701. The van der Waals surface area contributed by atoms with Crippen molar-refractivity contribution in [2.45, 2.75) is 25.8 Å². The van der Waals surface area contributed by atoms with Gasteiger partial charge in [0.1, 0.15) is 17.9 Å². The molecule has 0 saturated carbocycles. The highest BCUT2D eigenvalue weighted by Crippen LogP contribution is 2.09. The average molecular weight is 357 g/mol. The Bertz CT molecular complexity index is 909. The van der Waals surface area contributed by atoms with Crippen molar-refractivity contribution < 1.29 is 9.69 Å². The fourth-order valence-corrected chi connectivity index (χ4v) is 3.51. The number of aromatic nitrogens is 2. The Labute approximate surface area is 151 Å². The van der Waals surface area contributed by atoms with Crippen molar-refractivity contribution in [2.24, 2.45) is 7.05 Å². The number of benzene rings is 1. The number of piperidine rings is 1. The maximum Gasteiger partial charge on any atom is 0.332 e. The van der Waals surface area contributed by atoms with Crippen molar-refractivity contribution in [3.63, 3.8) is 0 Å². The second kappa shape index (κ2) is 7.70. The summed E-state index contributed by atoms with van der Waals surface area (Å²) in [5.41, 5.74) is 5.81. The van der Waals surface area contributed by atoms with Crippen molar-refractivity contribution in [1.29, 1.82) is 0 Å². The number of anilines is 1. The lowest BCUT2D eigenvalue weighted by molar-refractivity contribution is -0.896. The Hall–Kier alpha value is -2.67. The third-order valence-corrected chi connectivity index (χ3v) is 5.02. The first-order valence-electron chi connectivity index (χ1n) is 8.99. The highest BCUT2D eigenvalue weighted by atomic mass is 16.2. The Balaban J connectivity index is 1.98. The van der Waals surface area contributed by atoms with Gasteiger partial charge < -0.3 is 10.6 Å². The molecule has 0 spiro atoms. The van der Waals surface area contributed by atoms with Crippen molar-refractivity contribution in [1.82, 2.24) is 9.13 Å². The van der Waals surface area contributed by atoms with Crippen LogP contribution in [0.25, 0.3) is 0 Å². The van der Waals surface area contributed by atoms with Crippen molar-refractivity contribution in [2.75, 3.05) is 25.4 Å². The number of hydrogen-bond donors (Lipinski definition) is 2. The fourth-order valence-electron chi connectivity index (χ4n) is 3.51. The van der Waals surface area contributed by atoms with E-state index in [9.17, 15) is 14.4 Å². The van der Waals surface area contributed by atoms with Gasteiger partial charge in [0.15, 0.2) is 0 Å². The fraction of sp³-hybridized carbons (Fsp3) is 0.421. The smallest absolute Gasteiger partial charge is 0.332 e. The molecule has 0 unspecified atom stereocenters. The number of nitrogens with one attached hydrogen (secondary N) is 1. The average Bonchev–Trinajstić information content (AvgIpc) is 2.65. The number of nitrogens with zero attached hydrogens (tertiary/aromatic N) is 2. The van der Waals surface area contributed by atoms with Crippen molar-refractivity contribution in [3.8, 4) is 0 Å². The number of likely N-dealkylation sites (tertiary alicyclic amines) is 1. The van der Waals surface area contributed by atoms with E-state index in [2.05, 4.69) is 0 Å². The zero-order chi connectivity index (χ0) is 18.7. The van der Waals surface area contributed by atoms with Crippen LogP contribution < -0.4 is 21.9 Å². The molecule has 1 saturated heterocycles. The summed E-state index contributed by atoms with van der Waals surface area (Å²) in [6, 6.07) is 9.36. The predicted octanol–water partition coefficient (Wildman–Crippen LogP) is -0.571. The van der Waals surface area contributed by atoms with Crippen LogP contribution in [0, 0.1) is 0 Å². The van der Waals surface area contributed by atoms with E-state index in [1.54, 1.807) is 0 Å². The molecule has 1 aliphatic rings. The summed E-state index contributed by atoms with van der Waals surface area (Å²) in [6.07, 6.45) is 3.36.